The molecule has 0 bridgehead atoms. The highest BCUT2D eigenvalue weighted by atomic mass is 32.1. The van der Waals surface area contributed by atoms with Crippen LogP contribution in [0.2, 0.25) is 0 Å². The summed E-state index contributed by atoms with van der Waals surface area (Å²) in [5.74, 6) is 0.0208. The van der Waals surface area contributed by atoms with Crippen molar-refractivity contribution >= 4 is 22.4 Å². The van der Waals surface area contributed by atoms with Crippen LogP contribution < -0.4 is 10.1 Å². The molecule has 0 aliphatic rings. The van der Waals surface area contributed by atoms with Crippen LogP contribution in [0.4, 0.5) is 5.13 Å². The molecule has 1 heterocycles. The maximum absolute atomic E-state index is 12.1. The largest absolute Gasteiger partial charge is 0.478 e. The van der Waals surface area contributed by atoms with Gasteiger partial charge in [0.15, 0.2) is 6.61 Å². The molecule has 0 atom stereocenters. The summed E-state index contributed by atoms with van der Waals surface area (Å²) in [5.41, 5.74) is 0.352. The number of carbonyl (C=O) groups excluding carboxylic acids is 1. The summed E-state index contributed by atoms with van der Waals surface area (Å²) in [4.78, 5) is 12.1. The van der Waals surface area contributed by atoms with Crippen molar-refractivity contribution in [2.24, 2.45) is 0 Å². The van der Waals surface area contributed by atoms with Crippen molar-refractivity contribution < 1.29 is 9.53 Å². The smallest absolute Gasteiger partial charge is 0.261 e. The molecule has 2 aromatic rings. The van der Waals surface area contributed by atoms with Gasteiger partial charge < -0.3 is 4.74 Å². The van der Waals surface area contributed by atoms with Gasteiger partial charge in [0.25, 0.3) is 5.91 Å². The van der Waals surface area contributed by atoms with Crippen molar-refractivity contribution in [2.75, 3.05) is 11.9 Å². The third kappa shape index (κ3) is 3.26. The van der Waals surface area contributed by atoms with Crippen LogP contribution in [0.25, 0.3) is 0 Å². The second-order valence-electron chi connectivity index (χ2n) is 3.52. The number of amides is 1. The Morgan fingerprint density at radius 2 is 2.26 bits per heavy atom. The van der Waals surface area contributed by atoms with Crippen molar-refractivity contribution in [1.29, 1.82) is 5.26 Å². The van der Waals surface area contributed by atoms with Crippen molar-refractivity contribution in [1.82, 2.24) is 10.2 Å². The van der Waals surface area contributed by atoms with E-state index in [9.17, 15) is 4.79 Å². The first-order chi connectivity index (χ1) is 9.20. The number of nitriles is 1. The van der Waals surface area contributed by atoms with Gasteiger partial charge in [0.1, 0.15) is 16.8 Å². The lowest BCUT2D eigenvalue weighted by molar-refractivity contribution is 0.102. The Morgan fingerprint density at radius 1 is 1.47 bits per heavy atom. The fraction of sp³-hybridized carbons (Fsp3) is 0.167. The van der Waals surface area contributed by atoms with Gasteiger partial charge in [-0.25, -0.2) is 0 Å². The second kappa shape index (κ2) is 5.93. The Hall–Kier alpha value is -2.46. The van der Waals surface area contributed by atoms with Gasteiger partial charge in [-0.1, -0.05) is 23.5 Å². The van der Waals surface area contributed by atoms with E-state index in [1.165, 1.54) is 11.3 Å². The molecule has 0 radical (unpaired) electrons. The van der Waals surface area contributed by atoms with Gasteiger partial charge in [-0.2, -0.15) is 5.26 Å². The Balaban J connectivity index is 2.16. The van der Waals surface area contributed by atoms with Crippen molar-refractivity contribution in [3.63, 3.8) is 0 Å². The van der Waals surface area contributed by atoms with Gasteiger partial charge in [-0.15, -0.1) is 10.2 Å². The number of nitrogens with one attached hydrogen (secondary N) is 1. The van der Waals surface area contributed by atoms with E-state index in [0.717, 1.165) is 5.01 Å². The zero-order valence-electron chi connectivity index (χ0n) is 10.1. The fourth-order valence-corrected chi connectivity index (χ4v) is 1.99. The first-order valence-corrected chi connectivity index (χ1v) is 6.22. The van der Waals surface area contributed by atoms with Gasteiger partial charge in [-0.3, -0.25) is 10.1 Å². The average molecular weight is 274 g/mol. The number of aromatic nitrogens is 2. The molecule has 0 saturated heterocycles. The number of benzene rings is 1. The highest BCUT2D eigenvalue weighted by Crippen LogP contribution is 2.21. The van der Waals surface area contributed by atoms with Crippen molar-refractivity contribution in [3.8, 4) is 11.8 Å². The van der Waals surface area contributed by atoms with Gasteiger partial charge in [-0.05, 0) is 19.1 Å². The van der Waals surface area contributed by atoms with E-state index in [1.807, 2.05) is 6.07 Å². The molecule has 0 saturated carbocycles. The molecule has 1 amide bonds. The van der Waals surface area contributed by atoms with Crippen LogP contribution in [-0.2, 0) is 0 Å². The quantitative estimate of drug-likeness (QED) is 0.921. The lowest BCUT2D eigenvalue weighted by Gasteiger charge is -2.07. The van der Waals surface area contributed by atoms with Crippen LogP contribution in [-0.4, -0.2) is 22.7 Å². The predicted molar refractivity (Wildman–Crippen MR) is 70.1 cm³/mol. The molecule has 0 spiro atoms. The van der Waals surface area contributed by atoms with Gasteiger partial charge >= 0.3 is 0 Å². The van der Waals surface area contributed by atoms with Crippen molar-refractivity contribution in [3.05, 3.63) is 34.8 Å². The summed E-state index contributed by atoms with van der Waals surface area (Å²) < 4.78 is 5.20. The first kappa shape index (κ1) is 13.0. The third-order valence-corrected chi connectivity index (χ3v) is 2.92. The van der Waals surface area contributed by atoms with Crippen LogP contribution in [0.1, 0.15) is 15.4 Å². The number of carbonyl (C=O) groups is 1. The van der Waals surface area contributed by atoms with Crippen LogP contribution in [0, 0.1) is 18.3 Å². The molecule has 0 aliphatic heterocycles. The molecular weight excluding hydrogens is 264 g/mol. The SMILES string of the molecule is Cc1nnc(NC(=O)c2ccccc2OCC#N)s1. The summed E-state index contributed by atoms with van der Waals surface area (Å²) in [6.45, 7) is 1.69. The minimum atomic E-state index is -0.343. The molecule has 0 unspecified atom stereocenters. The number of hydrogen-bond acceptors (Lipinski definition) is 6. The molecule has 2 rings (SSSR count). The molecule has 6 nitrogen and oxygen atoms in total. The number of nitrogens with zero attached hydrogens (tertiary/aromatic N) is 3. The van der Waals surface area contributed by atoms with Gasteiger partial charge in [0.2, 0.25) is 5.13 Å². The van der Waals surface area contributed by atoms with Crippen molar-refractivity contribution in [2.45, 2.75) is 6.92 Å². The Bertz CT molecular complexity index is 633. The topological polar surface area (TPSA) is 87.9 Å². The van der Waals surface area contributed by atoms with E-state index < -0.39 is 0 Å². The number of hydrogen-bond donors (Lipinski definition) is 1. The molecule has 1 N–H and O–H groups in total. The third-order valence-electron chi connectivity index (χ3n) is 2.17. The standard InChI is InChI=1S/C12H10N4O2S/c1-8-15-16-12(19-8)14-11(17)9-4-2-3-5-10(9)18-7-6-13/h2-5H,7H2,1H3,(H,14,16,17). The molecule has 0 fully saturated rings. The Morgan fingerprint density at radius 3 is 2.95 bits per heavy atom. The Labute approximate surface area is 113 Å². The first-order valence-electron chi connectivity index (χ1n) is 5.41. The minimum Gasteiger partial charge on any atom is -0.478 e. The zero-order chi connectivity index (χ0) is 13.7. The zero-order valence-corrected chi connectivity index (χ0v) is 10.9. The molecule has 1 aromatic carbocycles. The highest BCUT2D eigenvalue weighted by molar-refractivity contribution is 7.15. The van der Waals surface area contributed by atoms with E-state index in [1.54, 1.807) is 31.2 Å². The van der Waals surface area contributed by atoms with Gasteiger partial charge in [0.05, 0.1) is 5.56 Å². The number of aryl methyl sites for hydroxylation is 1. The highest BCUT2D eigenvalue weighted by Gasteiger charge is 2.13. The maximum Gasteiger partial charge on any atom is 0.261 e. The van der Waals surface area contributed by atoms with E-state index >= 15 is 0 Å². The summed E-state index contributed by atoms with van der Waals surface area (Å²) in [7, 11) is 0. The summed E-state index contributed by atoms with van der Waals surface area (Å²) >= 11 is 1.29. The second-order valence-corrected chi connectivity index (χ2v) is 4.70. The van der Waals surface area contributed by atoms with Crippen LogP contribution in [0.3, 0.4) is 0 Å². The van der Waals surface area contributed by atoms with Crippen LogP contribution in [0.15, 0.2) is 24.3 Å². The van der Waals surface area contributed by atoms with Crippen LogP contribution in [0.5, 0.6) is 5.75 Å². The maximum atomic E-state index is 12.1. The Kier molecular flexibility index (Phi) is 4.05. The number of anilines is 1. The average Bonchev–Trinajstić information content (AvgIpc) is 2.82. The lowest BCUT2D eigenvalue weighted by Crippen LogP contribution is -2.13. The van der Waals surface area contributed by atoms with E-state index in [0.29, 0.717) is 16.4 Å². The number of para-hydroxylation sites is 1. The van der Waals surface area contributed by atoms with E-state index in [-0.39, 0.29) is 12.5 Å². The monoisotopic (exact) mass is 274 g/mol. The van der Waals surface area contributed by atoms with Crippen LogP contribution >= 0.6 is 11.3 Å². The molecule has 7 heteroatoms. The summed E-state index contributed by atoms with van der Waals surface area (Å²) in [5, 5.41) is 20.0. The molecule has 19 heavy (non-hydrogen) atoms. The lowest BCUT2D eigenvalue weighted by atomic mass is 10.2. The minimum absolute atomic E-state index is 0.109. The molecule has 0 aliphatic carbocycles. The van der Waals surface area contributed by atoms with Gasteiger partial charge in [0, 0.05) is 0 Å². The van der Waals surface area contributed by atoms with E-state index in [2.05, 4.69) is 15.5 Å². The molecule has 1 aromatic heterocycles. The molecular formula is C12H10N4O2S. The number of ether oxygens (including phenoxy) is 1. The molecule has 96 valence electrons. The predicted octanol–water partition coefficient (Wildman–Crippen LogP) is 2.00. The number of rotatable bonds is 4. The van der Waals surface area contributed by atoms with E-state index in [4.69, 9.17) is 10.00 Å². The summed E-state index contributed by atoms with van der Waals surface area (Å²) in [6, 6.07) is 8.58. The summed E-state index contributed by atoms with van der Waals surface area (Å²) in [6.07, 6.45) is 0. The normalized spacial score (nSPS) is 9.68. The fourth-order valence-electron chi connectivity index (χ4n) is 1.40.